The predicted molar refractivity (Wildman–Crippen MR) is 95.8 cm³/mol. The molecule has 0 saturated carbocycles. The molecule has 1 heterocycles. The standard InChI is InChI=1S/C17H15N3O3S/c1-9-2-4-10(5-3-9)19-17(23)20-16-14(15(18)22)12-7-6-11(21)8-13(12)24-16/h2-8,21H,1H3,(H2,18,22)(H2,19,20,23). The molecule has 0 aliphatic rings. The Morgan fingerprint density at radius 2 is 1.79 bits per heavy atom. The largest absolute Gasteiger partial charge is 0.508 e. The number of phenolic OH excluding ortho intramolecular Hbond substituents is 1. The number of primary amides is 1. The van der Waals surface area contributed by atoms with Crippen molar-refractivity contribution in [2.45, 2.75) is 6.92 Å². The number of hydrogen-bond acceptors (Lipinski definition) is 4. The van der Waals surface area contributed by atoms with Crippen LogP contribution in [0.1, 0.15) is 15.9 Å². The number of phenols is 1. The zero-order valence-electron chi connectivity index (χ0n) is 12.8. The summed E-state index contributed by atoms with van der Waals surface area (Å²) in [6, 6.07) is 11.5. The molecule has 24 heavy (non-hydrogen) atoms. The van der Waals surface area contributed by atoms with Crippen molar-refractivity contribution in [3.8, 4) is 5.75 Å². The van der Waals surface area contributed by atoms with Gasteiger partial charge < -0.3 is 16.2 Å². The highest BCUT2D eigenvalue weighted by molar-refractivity contribution is 7.23. The number of carbonyl (C=O) groups is 2. The molecule has 6 nitrogen and oxygen atoms in total. The Hall–Kier alpha value is -3.06. The van der Waals surface area contributed by atoms with Crippen LogP contribution in [-0.4, -0.2) is 17.0 Å². The lowest BCUT2D eigenvalue weighted by Gasteiger charge is -2.07. The van der Waals surface area contributed by atoms with Gasteiger partial charge in [0.05, 0.1) is 5.56 Å². The highest BCUT2D eigenvalue weighted by Crippen LogP contribution is 2.37. The fourth-order valence-electron chi connectivity index (χ4n) is 2.32. The Bertz CT molecular complexity index is 932. The van der Waals surface area contributed by atoms with Crippen LogP contribution in [0.2, 0.25) is 0 Å². The SMILES string of the molecule is Cc1ccc(NC(=O)Nc2sc3cc(O)ccc3c2C(N)=O)cc1. The van der Waals surface area contributed by atoms with Gasteiger partial charge in [-0.2, -0.15) is 0 Å². The summed E-state index contributed by atoms with van der Waals surface area (Å²) < 4.78 is 0.662. The van der Waals surface area contributed by atoms with E-state index in [-0.39, 0.29) is 11.3 Å². The number of amides is 3. The minimum absolute atomic E-state index is 0.0791. The monoisotopic (exact) mass is 341 g/mol. The van der Waals surface area contributed by atoms with Crippen molar-refractivity contribution in [1.29, 1.82) is 0 Å². The summed E-state index contributed by atoms with van der Waals surface area (Å²) in [6.07, 6.45) is 0. The number of carbonyl (C=O) groups excluding carboxylic acids is 2. The fourth-order valence-corrected chi connectivity index (χ4v) is 3.46. The van der Waals surface area contributed by atoms with Crippen LogP contribution < -0.4 is 16.4 Å². The van der Waals surface area contributed by atoms with Gasteiger partial charge in [-0.1, -0.05) is 17.7 Å². The van der Waals surface area contributed by atoms with Gasteiger partial charge in [0.15, 0.2) is 0 Å². The van der Waals surface area contributed by atoms with Crippen molar-refractivity contribution in [3.63, 3.8) is 0 Å². The van der Waals surface area contributed by atoms with Crippen LogP contribution in [0.3, 0.4) is 0 Å². The van der Waals surface area contributed by atoms with Crippen molar-refractivity contribution in [2.75, 3.05) is 10.6 Å². The second-order valence-corrected chi connectivity index (χ2v) is 6.35. The molecule has 7 heteroatoms. The van der Waals surface area contributed by atoms with Gasteiger partial charge in [-0.05, 0) is 37.3 Å². The quantitative estimate of drug-likeness (QED) is 0.584. The number of nitrogens with two attached hydrogens (primary N) is 1. The van der Waals surface area contributed by atoms with Gasteiger partial charge in [0.2, 0.25) is 0 Å². The van der Waals surface area contributed by atoms with E-state index in [0.29, 0.717) is 20.8 Å². The van der Waals surface area contributed by atoms with E-state index in [9.17, 15) is 14.7 Å². The maximum atomic E-state index is 12.2. The first-order chi connectivity index (χ1) is 11.4. The lowest BCUT2D eigenvalue weighted by atomic mass is 10.1. The second kappa shape index (κ2) is 6.21. The molecule has 3 amide bonds. The zero-order valence-corrected chi connectivity index (χ0v) is 13.6. The summed E-state index contributed by atoms with van der Waals surface area (Å²) in [6.45, 7) is 1.95. The summed E-state index contributed by atoms with van der Waals surface area (Å²) >= 11 is 1.17. The van der Waals surface area contributed by atoms with E-state index in [4.69, 9.17) is 5.73 Å². The maximum Gasteiger partial charge on any atom is 0.324 e. The number of thiophene rings is 1. The summed E-state index contributed by atoms with van der Waals surface area (Å²) in [7, 11) is 0. The van der Waals surface area contributed by atoms with Crippen LogP contribution in [0.25, 0.3) is 10.1 Å². The van der Waals surface area contributed by atoms with Gasteiger partial charge >= 0.3 is 6.03 Å². The molecule has 0 aliphatic carbocycles. The van der Waals surface area contributed by atoms with Crippen molar-refractivity contribution >= 4 is 44.0 Å². The van der Waals surface area contributed by atoms with Crippen LogP contribution in [-0.2, 0) is 0 Å². The lowest BCUT2D eigenvalue weighted by molar-refractivity contribution is 0.100. The zero-order chi connectivity index (χ0) is 17.3. The van der Waals surface area contributed by atoms with E-state index in [1.807, 2.05) is 19.1 Å². The van der Waals surface area contributed by atoms with E-state index >= 15 is 0 Å². The van der Waals surface area contributed by atoms with Crippen molar-refractivity contribution in [2.24, 2.45) is 5.73 Å². The predicted octanol–water partition coefficient (Wildman–Crippen LogP) is 3.66. The first-order valence-corrected chi connectivity index (χ1v) is 7.95. The molecule has 2 aromatic carbocycles. The Morgan fingerprint density at radius 1 is 1.08 bits per heavy atom. The molecule has 0 saturated heterocycles. The van der Waals surface area contributed by atoms with Crippen LogP contribution in [0.5, 0.6) is 5.75 Å². The molecule has 122 valence electrons. The van der Waals surface area contributed by atoms with Crippen molar-refractivity contribution < 1.29 is 14.7 Å². The molecule has 0 spiro atoms. The van der Waals surface area contributed by atoms with Gasteiger partial charge in [-0.15, -0.1) is 11.3 Å². The third kappa shape index (κ3) is 3.16. The number of aromatic hydroxyl groups is 1. The number of benzene rings is 2. The highest BCUT2D eigenvalue weighted by Gasteiger charge is 2.19. The first kappa shape index (κ1) is 15.8. The number of rotatable bonds is 3. The molecule has 0 unspecified atom stereocenters. The highest BCUT2D eigenvalue weighted by atomic mass is 32.1. The smallest absolute Gasteiger partial charge is 0.324 e. The molecular formula is C17H15N3O3S. The Morgan fingerprint density at radius 3 is 2.46 bits per heavy atom. The molecule has 0 fully saturated rings. The van der Waals surface area contributed by atoms with E-state index < -0.39 is 11.9 Å². The van der Waals surface area contributed by atoms with Crippen LogP contribution in [0.4, 0.5) is 15.5 Å². The maximum absolute atomic E-state index is 12.2. The van der Waals surface area contributed by atoms with Gasteiger partial charge in [0, 0.05) is 15.8 Å². The van der Waals surface area contributed by atoms with E-state index in [1.54, 1.807) is 18.2 Å². The van der Waals surface area contributed by atoms with Gasteiger partial charge in [-0.3, -0.25) is 10.1 Å². The van der Waals surface area contributed by atoms with Crippen LogP contribution >= 0.6 is 11.3 Å². The number of aryl methyl sites for hydroxylation is 1. The van der Waals surface area contributed by atoms with Crippen molar-refractivity contribution in [3.05, 3.63) is 53.6 Å². The van der Waals surface area contributed by atoms with Crippen LogP contribution in [0, 0.1) is 6.92 Å². The van der Waals surface area contributed by atoms with Gasteiger partial charge in [-0.25, -0.2) is 4.79 Å². The fraction of sp³-hybridized carbons (Fsp3) is 0.0588. The topological polar surface area (TPSA) is 104 Å². The number of hydrogen-bond donors (Lipinski definition) is 4. The third-order valence-electron chi connectivity index (χ3n) is 3.46. The second-order valence-electron chi connectivity index (χ2n) is 5.30. The van der Waals surface area contributed by atoms with E-state index in [0.717, 1.165) is 5.56 Å². The molecule has 0 bridgehead atoms. The van der Waals surface area contributed by atoms with Gasteiger partial charge in [0.25, 0.3) is 5.91 Å². The molecular weight excluding hydrogens is 326 g/mol. The molecule has 3 aromatic rings. The normalized spacial score (nSPS) is 10.5. The number of fused-ring (bicyclic) bond motifs is 1. The minimum atomic E-state index is -0.641. The van der Waals surface area contributed by atoms with Crippen molar-refractivity contribution in [1.82, 2.24) is 0 Å². The van der Waals surface area contributed by atoms with Crippen LogP contribution in [0.15, 0.2) is 42.5 Å². The number of anilines is 2. The molecule has 0 aliphatic heterocycles. The summed E-state index contributed by atoms with van der Waals surface area (Å²) in [5.41, 5.74) is 7.39. The Balaban J connectivity index is 1.88. The summed E-state index contributed by atoms with van der Waals surface area (Å²) in [5.74, 6) is -0.562. The lowest BCUT2D eigenvalue weighted by Crippen LogP contribution is -2.21. The van der Waals surface area contributed by atoms with Gasteiger partial charge in [0.1, 0.15) is 10.8 Å². The van der Waals surface area contributed by atoms with E-state index in [2.05, 4.69) is 10.6 Å². The van der Waals surface area contributed by atoms with E-state index in [1.165, 1.54) is 23.5 Å². The third-order valence-corrected chi connectivity index (χ3v) is 4.52. The molecule has 5 N–H and O–H groups in total. The Kier molecular flexibility index (Phi) is 4.09. The molecule has 0 radical (unpaired) electrons. The molecule has 1 aromatic heterocycles. The average Bonchev–Trinajstić information content (AvgIpc) is 2.86. The molecule has 3 rings (SSSR count). The number of nitrogens with one attached hydrogen (secondary N) is 2. The summed E-state index contributed by atoms with van der Waals surface area (Å²) in [4.78, 5) is 23.9. The Labute approximate surface area is 141 Å². The average molecular weight is 341 g/mol. The number of urea groups is 1. The first-order valence-electron chi connectivity index (χ1n) is 7.14. The minimum Gasteiger partial charge on any atom is -0.508 e. The summed E-state index contributed by atoms with van der Waals surface area (Å²) in [5, 5.41) is 15.8. The molecule has 0 atom stereocenters.